The monoisotopic (exact) mass is 182 g/mol. The second kappa shape index (κ2) is 3.29. The van der Waals surface area contributed by atoms with Gasteiger partial charge < -0.3 is 9.64 Å². The van der Waals surface area contributed by atoms with Gasteiger partial charge in [-0.3, -0.25) is 5.41 Å². The lowest BCUT2D eigenvalue weighted by atomic mass is 9.95. The predicted molar refractivity (Wildman–Crippen MR) is 52.1 cm³/mol. The Hall–Kier alpha value is -0.570. The molecule has 2 aliphatic rings. The third kappa shape index (κ3) is 1.57. The zero-order valence-corrected chi connectivity index (χ0v) is 8.31. The van der Waals surface area contributed by atoms with Gasteiger partial charge in [0.15, 0.2) is 0 Å². The van der Waals surface area contributed by atoms with Gasteiger partial charge in [0.25, 0.3) is 0 Å². The van der Waals surface area contributed by atoms with E-state index in [0.29, 0.717) is 0 Å². The number of hydrogen-bond donors (Lipinski definition) is 1. The standard InChI is InChI=1S/C10H18N2O/c1-10(5-7-13-8-10)12-6-3-2-4-9(12)11/h11H,2-8H2,1H3. The average Bonchev–Trinajstić information content (AvgIpc) is 2.54. The summed E-state index contributed by atoms with van der Waals surface area (Å²) in [7, 11) is 0. The maximum atomic E-state index is 7.91. The second-order valence-electron chi connectivity index (χ2n) is 4.35. The Morgan fingerprint density at radius 3 is 2.92 bits per heavy atom. The lowest BCUT2D eigenvalue weighted by molar-refractivity contribution is 0.122. The zero-order valence-electron chi connectivity index (χ0n) is 8.31. The molecular formula is C10H18N2O. The molecule has 2 heterocycles. The van der Waals surface area contributed by atoms with Gasteiger partial charge in [-0.25, -0.2) is 0 Å². The fourth-order valence-electron chi connectivity index (χ4n) is 2.30. The van der Waals surface area contributed by atoms with Crippen molar-refractivity contribution in [3.05, 3.63) is 0 Å². The molecule has 0 spiro atoms. The van der Waals surface area contributed by atoms with Crippen molar-refractivity contribution in [2.45, 2.75) is 38.1 Å². The number of ether oxygens (including phenoxy) is 1. The molecule has 0 bridgehead atoms. The molecule has 0 aromatic heterocycles. The molecule has 3 nitrogen and oxygen atoms in total. The fraction of sp³-hybridized carbons (Fsp3) is 0.900. The first-order chi connectivity index (χ1) is 6.22. The van der Waals surface area contributed by atoms with Crippen molar-refractivity contribution in [2.75, 3.05) is 19.8 Å². The number of piperidine rings is 1. The highest BCUT2D eigenvalue weighted by Crippen LogP contribution is 2.29. The van der Waals surface area contributed by atoms with Crippen LogP contribution < -0.4 is 0 Å². The first-order valence-corrected chi connectivity index (χ1v) is 5.15. The van der Waals surface area contributed by atoms with Crippen LogP contribution in [0.25, 0.3) is 0 Å². The lowest BCUT2D eigenvalue weighted by Crippen LogP contribution is -2.52. The molecule has 3 heteroatoms. The van der Waals surface area contributed by atoms with Crippen molar-refractivity contribution in [3.8, 4) is 0 Å². The summed E-state index contributed by atoms with van der Waals surface area (Å²) in [4.78, 5) is 2.25. The maximum absolute atomic E-state index is 7.91. The van der Waals surface area contributed by atoms with Gasteiger partial charge in [0.05, 0.1) is 18.0 Å². The van der Waals surface area contributed by atoms with Crippen molar-refractivity contribution >= 4 is 5.84 Å². The van der Waals surface area contributed by atoms with Crippen LogP contribution in [0.2, 0.25) is 0 Å². The average molecular weight is 182 g/mol. The maximum Gasteiger partial charge on any atom is 0.0963 e. The van der Waals surface area contributed by atoms with E-state index in [1.54, 1.807) is 0 Å². The van der Waals surface area contributed by atoms with E-state index in [2.05, 4.69) is 11.8 Å². The fourth-order valence-corrected chi connectivity index (χ4v) is 2.30. The summed E-state index contributed by atoms with van der Waals surface area (Å²) < 4.78 is 5.42. The first kappa shape index (κ1) is 9.00. The Morgan fingerprint density at radius 2 is 2.31 bits per heavy atom. The van der Waals surface area contributed by atoms with Crippen LogP contribution in [0.5, 0.6) is 0 Å². The summed E-state index contributed by atoms with van der Waals surface area (Å²) in [6.07, 6.45) is 4.45. The van der Waals surface area contributed by atoms with E-state index in [-0.39, 0.29) is 5.54 Å². The Morgan fingerprint density at radius 1 is 1.46 bits per heavy atom. The summed E-state index contributed by atoms with van der Waals surface area (Å²) in [5.74, 6) is 0.819. The van der Waals surface area contributed by atoms with Gasteiger partial charge in [-0.1, -0.05) is 0 Å². The predicted octanol–water partition coefficient (Wildman–Crippen LogP) is 1.63. The summed E-state index contributed by atoms with van der Waals surface area (Å²) >= 11 is 0. The van der Waals surface area contributed by atoms with Gasteiger partial charge in [0, 0.05) is 19.6 Å². The number of hydrogen-bond acceptors (Lipinski definition) is 2. The molecule has 13 heavy (non-hydrogen) atoms. The molecule has 1 N–H and O–H groups in total. The third-order valence-corrected chi connectivity index (χ3v) is 3.22. The minimum absolute atomic E-state index is 0.123. The molecule has 0 aromatic carbocycles. The molecule has 2 saturated heterocycles. The Labute approximate surface area is 79.6 Å². The second-order valence-corrected chi connectivity index (χ2v) is 4.35. The number of rotatable bonds is 1. The Kier molecular flexibility index (Phi) is 2.28. The van der Waals surface area contributed by atoms with Crippen LogP contribution in [0.4, 0.5) is 0 Å². The highest BCUT2D eigenvalue weighted by Gasteiger charge is 2.37. The van der Waals surface area contributed by atoms with E-state index in [0.717, 1.165) is 38.4 Å². The minimum atomic E-state index is 0.123. The van der Waals surface area contributed by atoms with Gasteiger partial charge >= 0.3 is 0 Å². The molecule has 0 saturated carbocycles. The van der Waals surface area contributed by atoms with Crippen molar-refractivity contribution in [3.63, 3.8) is 0 Å². The van der Waals surface area contributed by atoms with E-state index in [1.165, 1.54) is 12.8 Å². The Bertz CT molecular complexity index is 209. The van der Waals surface area contributed by atoms with Gasteiger partial charge in [0.1, 0.15) is 0 Å². The van der Waals surface area contributed by atoms with Gasteiger partial charge in [-0.2, -0.15) is 0 Å². The highest BCUT2D eigenvalue weighted by molar-refractivity contribution is 5.80. The molecule has 0 amide bonds. The van der Waals surface area contributed by atoms with E-state index in [4.69, 9.17) is 10.1 Å². The van der Waals surface area contributed by atoms with Gasteiger partial charge in [-0.15, -0.1) is 0 Å². The first-order valence-electron chi connectivity index (χ1n) is 5.15. The van der Waals surface area contributed by atoms with Crippen LogP contribution in [0, 0.1) is 5.41 Å². The van der Waals surface area contributed by atoms with Gasteiger partial charge in [-0.05, 0) is 26.2 Å². The zero-order chi connectivity index (χ0) is 9.31. The molecule has 0 radical (unpaired) electrons. The molecular weight excluding hydrogens is 164 g/mol. The number of amidine groups is 1. The third-order valence-electron chi connectivity index (χ3n) is 3.22. The van der Waals surface area contributed by atoms with Crippen molar-refractivity contribution in [1.82, 2.24) is 4.90 Å². The van der Waals surface area contributed by atoms with Crippen molar-refractivity contribution < 1.29 is 4.74 Å². The smallest absolute Gasteiger partial charge is 0.0963 e. The van der Waals surface area contributed by atoms with Gasteiger partial charge in [0.2, 0.25) is 0 Å². The van der Waals surface area contributed by atoms with E-state index < -0.39 is 0 Å². The van der Waals surface area contributed by atoms with Crippen LogP contribution in [-0.2, 0) is 4.74 Å². The van der Waals surface area contributed by atoms with Crippen molar-refractivity contribution in [2.24, 2.45) is 0 Å². The molecule has 74 valence electrons. The quantitative estimate of drug-likeness (QED) is 0.669. The summed E-state index contributed by atoms with van der Waals surface area (Å²) in [6.45, 7) is 4.94. The molecule has 2 rings (SSSR count). The molecule has 2 fully saturated rings. The van der Waals surface area contributed by atoms with E-state index in [9.17, 15) is 0 Å². The van der Waals surface area contributed by atoms with Crippen LogP contribution >= 0.6 is 0 Å². The Balaban J connectivity index is 2.08. The summed E-state index contributed by atoms with van der Waals surface area (Å²) in [6, 6.07) is 0. The van der Waals surface area contributed by atoms with Crippen LogP contribution in [0.15, 0.2) is 0 Å². The molecule has 2 aliphatic heterocycles. The molecule has 0 aromatic rings. The van der Waals surface area contributed by atoms with E-state index >= 15 is 0 Å². The molecule has 0 aliphatic carbocycles. The van der Waals surface area contributed by atoms with Crippen LogP contribution in [-0.4, -0.2) is 36.0 Å². The lowest BCUT2D eigenvalue weighted by Gasteiger charge is -2.41. The minimum Gasteiger partial charge on any atom is -0.379 e. The largest absolute Gasteiger partial charge is 0.379 e. The highest BCUT2D eigenvalue weighted by atomic mass is 16.5. The SMILES string of the molecule is CC1(N2CCCCC2=N)CCOC1. The number of nitrogens with one attached hydrogen (secondary N) is 1. The van der Waals surface area contributed by atoms with Crippen LogP contribution in [0.1, 0.15) is 32.6 Å². The number of nitrogens with zero attached hydrogens (tertiary/aromatic N) is 1. The number of likely N-dealkylation sites (tertiary alicyclic amines) is 1. The summed E-state index contributed by atoms with van der Waals surface area (Å²) in [5.41, 5.74) is 0.123. The summed E-state index contributed by atoms with van der Waals surface area (Å²) in [5, 5.41) is 7.91. The van der Waals surface area contributed by atoms with Crippen molar-refractivity contribution in [1.29, 1.82) is 5.41 Å². The molecule has 1 atom stereocenters. The van der Waals surface area contributed by atoms with E-state index in [1.807, 2.05) is 0 Å². The van der Waals surface area contributed by atoms with Crippen LogP contribution in [0.3, 0.4) is 0 Å². The molecule has 1 unspecified atom stereocenters. The topological polar surface area (TPSA) is 36.3 Å². The normalized spacial score (nSPS) is 35.5.